The Morgan fingerprint density at radius 3 is 3.00 bits per heavy atom. The fourth-order valence-corrected chi connectivity index (χ4v) is 2.00. The molecule has 0 aliphatic carbocycles. The van der Waals surface area contributed by atoms with Gasteiger partial charge in [-0.25, -0.2) is 4.98 Å². The lowest BCUT2D eigenvalue weighted by atomic mass is 10.2. The van der Waals surface area contributed by atoms with Crippen LogP contribution in [0.25, 0.3) is 0 Å². The first-order chi connectivity index (χ1) is 8.75. The van der Waals surface area contributed by atoms with Crippen LogP contribution in [0.2, 0.25) is 0 Å². The largest absolute Gasteiger partial charge is 0.378 e. The van der Waals surface area contributed by atoms with Gasteiger partial charge in [-0.05, 0) is 6.92 Å². The van der Waals surface area contributed by atoms with Gasteiger partial charge in [0.25, 0.3) is 0 Å². The molecular weight excluding hydrogens is 303 g/mol. The Kier molecular flexibility index (Phi) is 9.58. The molecule has 1 fully saturated rings. The Morgan fingerprint density at radius 2 is 2.40 bits per heavy atom. The molecule has 0 aromatic carbocycles. The highest BCUT2D eigenvalue weighted by Gasteiger charge is 2.16. The normalized spacial score (nSPS) is 17.8. The van der Waals surface area contributed by atoms with Gasteiger partial charge in [0.1, 0.15) is 5.82 Å². The standard InChI is InChI=1S/C12H20N4O2.2ClH/c1-10-13-2-5-16(10)6-3-15-12(17)8-11-9-18-7-4-14-11;;/h2,5,11,14H,3-4,6-9H2,1H3,(H,15,17);2*1H. The third kappa shape index (κ3) is 6.09. The summed E-state index contributed by atoms with van der Waals surface area (Å²) >= 11 is 0. The van der Waals surface area contributed by atoms with Gasteiger partial charge in [-0.2, -0.15) is 0 Å². The van der Waals surface area contributed by atoms with Crippen molar-refractivity contribution in [1.29, 1.82) is 0 Å². The number of amides is 1. The summed E-state index contributed by atoms with van der Waals surface area (Å²) < 4.78 is 7.32. The topological polar surface area (TPSA) is 68.2 Å². The van der Waals surface area contributed by atoms with E-state index in [-0.39, 0.29) is 36.8 Å². The summed E-state index contributed by atoms with van der Waals surface area (Å²) in [7, 11) is 0. The van der Waals surface area contributed by atoms with Crippen molar-refractivity contribution in [1.82, 2.24) is 20.2 Å². The van der Waals surface area contributed by atoms with E-state index in [0.29, 0.717) is 19.6 Å². The number of hydrogen-bond donors (Lipinski definition) is 2. The molecule has 0 bridgehead atoms. The molecule has 8 heteroatoms. The summed E-state index contributed by atoms with van der Waals surface area (Å²) in [6, 6.07) is 0.147. The summed E-state index contributed by atoms with van der Waals surface area (Å²) in [6.45, 7) is 5.51. The number of rotatable bonds is 5. The summed E-state index contributed by atoms with van der Waals surface area (Å²) in [5.41, 5.74) is 0. The predicted octanol–water partition coefficient (Wildman–Crippen LogP) is 0.530. The van der Waals surface area contributed by atoms with Gasteiger partial charge in [0.15, 0.2) is 0 Å². The zero-order valence-corrected chi connectivity index (χ0v) is 13.1. The highest BCUT2D eigenvalue weighted by molar-refractivity contribution is 5.85. The van der Waals surface area contributed by atoms with E-state index in [0.717, 1.165) is 25.5 Å². The van der Waals surface area contributed by atoms with Crippen LogP contribution in [-0.4, -0.2) is 47.8 Å². The lowest BCUT2D eigenvalue weighted by Crippen LogP contribution is -2.44. The molecule has 20 heavy (non-hydrogen) atoms. The molecule has 1 aromatic rings. The number of nitrogens with zero attached hydrogens (tertiary/aromatic N) is 2. The molecule has 2 rings (SSSR count). The molecule has 1 aromatic heterocycles. The zero-order valence-electron chi connectivity index (χ0n) is 11.5. The predicted molar refractivity (Wildman–Crippen MR) is 81.7 cm³/mol. The van der Waals surface area contributed by atoms with Gasteiger partial charge in [0.2, 0.25) is 5.91 Å². The molecule has 116 valence electrons. The van der Waals surface area contributed by atoms with E-state index in [2.05, 4.69) is 15.6 Å². The lowest BCUT2D eigenvalue weighted by molar-refractivity contribution is -0.122. The first-order valence-corrected chi connectivity index (χ1v) is 6.31. The number of halogens is 2. The van der Waals surface area contributed by atoms with Crippen molar-refractivity contribution in [3.8, 4) is 0 Å². The third-order valence-corrected chi connectivity index (χ3v) is 3.03. The Bertz CT molecular complexity index is 395. The first kappa shape index (κ1) is 19.2. The number of hydrogen-bond acceptors (Lipinski definition) is 4. The highest BCUT2D eigenvalue weighted by Crippen LogP contribution is 1.98. The van der Waals surface area contributed by atoms with E-state index in [9.17, 15) is 4.79 Å². The van der Waals surface area contributed by atoms with Gasteiger partial charge in [-0.15, -0.1) is 24.8 Å². The Morgan fingerprint density at radius 1 is 1.60 bits per heavy atom. The second-order valence-electron chi connectivity index (χ2n) is 4.45. The minimum absolute atomic E-state index is 0. The van der Waals surface area contributed by atoms with Gasteiger partial charge in [-0.3, -0.25) is 4.79 Å². The molecular formula is C12H22Cl2N4O2. The van der Waals surface area contributed by atoms with Gasteiger partial charge in [0, 0.05) is 44.5 Å². The molecule has 0 spiro atoms. The van der Waals surface area contributed by atoms with E-state index in [1.165, 1.54) is 0 Å². The SMILES string of the molecule is Cc1nccn1CCNC(=O)CC1COCCN1.Cl.Cl. The molecule has 2 heterocycles. The van der Waals surface area contributed by atoms with Crippen molar-refractivity contribution in [2.45, 2.75) is 25.9 Å². The Hall–Kier alpha value is -0.820. The second-order valence-corrected chi connectivity index (χ2v) is 4.45. The van der Waals surface area contributed by atoms with Gasteiger partial charge < -0.3 is 19.9 Å². The molecule has 6 nitrogen and oxygen atoms in total. The van der Waals surface area contributed by atoms with E-state index in [1.54, 1.807) is 6.20 Å². The third-order valence-electron chi connectivity index (χ3n) is 3.03. The van der Waals surface area contributed by atoms with Gasteiger partial charge >= 0.3 is 0 Å². The molecule has 1 saturated heterocycles. The number of morpholine rings is 1. The fraction of sp³-hybridized carbons (Fsp3) is 0.667. The van der Waals surface area contributed by atoms with E-state index in [4.69, 9.17) is 4.74 Å². The van der Waals surface area contributed by atoms with Crippen molar-refractivity contribution in [2.24, 2.45) is 0 Å². The van der Waals surface area contributed by atoms with Crippen molar-refractivity contribution in [3.63, 3.8) is 0 Å². The summed E-state index contributed by atoms with van der Waals surface area (Å²) in [6.07, 6.45) is 4.15. The molecule has 1 unspecified atom stereocenters. The van der Waals surface area contributed by atoms with Crippen LogP contribution in [0.15, 0.2) is 12.4 Å². The zero-order chi connectivity index (χ0) is 12.8. The van der Waals surface area contributed by atoms with Crippen molar-refractivity contribution in [3.05, 3.63) is 18.2 Å². The van der Waals surface area contributed by atoms with E-state index >= 15 is 0 Å². The number of carbonyl (C=O) groups excluding carboxylic acids is 1. The second kappa shape index (κ2) is 9.99. The number of aromatic nitrogens is 2. The maximum absolute atomic E-state index is 11.7. The van der Waals surface area contributed by atoms with Crippen LogP contribution in [0.3, 0.4) is 0 Å². The Labute approximate surface area is 131 Å². The number of aryl methyl sites for hydroxylation is 1. The number of carbonyl (C=O) groups is 1. The van der Waals surface area contributed by atoms with Crippen LogP contribution in [0.4, 0.5) is 0 Å². The average Bonchev–Trinajstić information content (AvgIpc) is 2.76. The van der Waals surface area contributed by atoms with E-state index < -0.39 is 0 Å². The molecule has 1 aliphatic heterocycles. The summed E-state index contributed by atoms with van der Waals surface area (Å²) in [4.78, 5) is 15.8. The molecule has 1 aliphatic rings. The van der Waals surface area contributed by atoms with Crippen LogP contribution >= 0.6 is 24.8 Å². The molecule has 2 N–H and O–H groups in total. The summed E-state index contributed by atoms with van der Waals surface area (Å²) in [5.74, 6) is 1.03. The lowest BCUT2D eigenvalue weighted by Gasteiger charge is -2.23. The van der Waals surface area contributed by atoms with E-state index in [1.807, 2.05) is 17.7 Å². The minimum Gasteiger partial charge on any atom is -0.378 e. The monoisotopic (exact) mass is 324 g/mol. The first-order valence-electron chi connectivity index (χ1n) is 6.31. The van der Waals surface area contributed by atoms with Gasteiger partial charge in [0.05, 0.1) is 13.2 Å². The number of nitrogens with one attached hydrogen (secondary N) is 2. The fourth-order valence-electron chi connectivity index (χ4n) is 2.00. The molecule has 0 saturated carbocycles. The van der Waals surface area contributed by atoms with Crippen LogP contribution in [0, 0.1) is 6.92 Å². The molecule has 1 atom stereocenters. The van der Waals surface area contributed by atoms with Crippen molar-refractivity contribution >= 4 is 30.7 Å². The minimum atomic E-state index is 0. The molecule has 0 radical (unpaired) electrons. The van der Waals surface area contributed by atoms with Crippen LogP contribution in [-0.2, 0) is 16.1 Å². The van der Waals surface area contributed by atoms with Crippen LogP contribution in [0.5, 0.6) is 0 Å². The smallest absolute Gasteiger partial charge is 0.221 e. The molecule has 1 amide bonds. The maximum Gasteiger partial charge on any atom is 0.221 e. The quantitative estimate of drug-likeness (QED) is 0.829. The van der Waals surface area contributed by atoms with Crippen molar-refractivity contribution in [2.75, 3.05) is 26.3 Å². The van der Waals surface area contributed by atoms with Crippen LogP contribution < -0.4 is 10.6 Å². The maximum atomic E-state index is 11.7. The van der Waals surface area contributed by atoms with Crippen LogP contribution in [0.1, 0.15) is 12.2 Å². The Balaban J connectivity index is 0.00000180. The number of imidazole rings is 1. The summed E-state index contributed by atoms with van der Waals surface area (Å²) in [5, 5.41) is 6.17. The highest BCUT2D eigenvalue weighted by atomic mass is 35.5. The van der Waals surface area contributed by atoms with Gasteiger partial charge in [-0.1, -0.05) is 0 Å². The average molecular weight is 325 g/mol. The number of ether oxygens (including phenoxy) is 1. The van der Waals surface area contributed by atoms with Crippen molar-refractivity contribution < 1.29 is 9.53 Å².